The molecule has 0 saturated carbocycles. The van der Waals surface area contributed by atoms with Gasteiger partial charge >= 0.3 is 0 Å². The average Bonchev–Trinajstić information content (AvgIpc) is 2.81. The fraction of sp³-hybridized carbons (Fsp3) is 0.167. The molecule has 2 N–H and O–H groups in total. The predicted molar refractivity (Wildman–Crippen MR) is 124 cm³/mol. The van der Waals surface area contributed by atoms with E-state index in [1.807, 2.05) is 6.92 Å². The second-order valence-corrected chi connectivity index (χ2v) is 9.39. The molecule has 0 aromatic heterocycles. The number of nitrogens with zero attached hydrogens (tertiary/aromatic N) is 1. The molecule has 8 heteroatoms. The van der Waals surface area contributed by atoms with Crippen molar-refractivity contribution in [2.24, 2.45) is 0 Å². The van der Waals surface area contributed by atoms with E-state index in [0.29, 0.717) is 40.2 Å². The highest BCUT2D eigenvalue weighted by molar-refractivity contribution is 7.93. The van der Waals surface area contributed by atoms with E-state index >= 15 is 0 Å². The smallest absolute Gasteiger partial charge is 0.264 e. The van der Waals surface area contributed by atoms with Crippen molar-refractivity contribution >= 4 is 33.2 Å². The molecule has 3 aromatic carbocycles. The number of anilines is 2. The van der Waals surface area contributed by atoms with Gasteiger partial charge < -0.3 is 10.6 Å². The van der Waals surface area contributed by atoms with Crippen molar-refractivity contribution < 1.29 is 18.0 Å². The van der Waals surface area contributed by atoms with Crippen molar-refractivity contribution in [1.82, 2.24) is 5.32 Å². The molecule has 0 aliphatic carbocycles. The summed E-state index contributed by atoms with van der Waals surface area (Å²) in [5.41, 5.74) is 2.84. The number of amides is 2. The van der Waals surface area contributed by atoms with Crippen LogP contribution in [0.2, 0.25) is 0 Å². The summed E-state index contributed by atoms with van der Waals surface area (Å²) >= 11 is 0. The van der Waals surface area contributed by atoms with Gasteiger partial charge in [-0.2, -0.15) is 0 Å². The van der Waals surface area contributed by atoms with E-state index in [-0.39, 0.29) is 10.8 Å². The van der Waals surface area contributed by atoms with Gasteiger partial charge in [-0.05, 0) is 42.8 Å². The minimum absolute atomic E-state index is 0.200. The number of rotatable bonds is 5. The van der Waals surface area contributed by atoms with Gasteiger partial charge in [-0.3, -0.25) is 13.9 Å². The summed E-state index contributed by atoms with van der Waals surface area (Å²) in [6.07, 6.45) is 0.807. The Morgan fingerprint density at radius 3 is 2.41 bits per heavy atom. The zero-order valence-corrected chi connectivity index (χ0v) is 18.6. The van der Waals surface area contributed by atoms with Crippen LogP contribution in [0.15, 0.2) is 71.6 Å². The van der Waals surface area contributed by atoms with Gasteiger partial charge in [0.1, 0.15) is 0 Å². The molecule has 2 amide bonds. The molecule has 1 aliphatic heterocycles. The SMILES string of the molecule is CCCNC(=O)c1ccccc1NC(=O)c1ccc2c(c1)-c1ccccc1S(=O)(=O)N2C. The third-order valence-corrected chi connectivity index (χ3v) is 7.20. The largest absolute Gasteiger partial charge is 0.352 e. The fourth-order valence-corrected chi connectivity index (χ4v) is 5.10. The maximum atomic E-state index is 13.0. The summed E-state index contributed by atoms with van der Waals surface area (Å²) in [6, 6.07) is 18.4. The summed E-state index contributed by atoms with van der Waals surface area (Å²) in [4.78, 5) is 25.7. The maximum absolute atomic E-state index is 13.0. The van der Waals surface area contributed by atoms with Crippen molar-refractivity contribution in [2.75, 3.05) is 23.2 Å². The molecule has 0 fully saturated rings. The normalized spacial score (nSPS) is 13.6. The van der Waals surface area contributed by atoms with Gasteiger partial charge in [-0.1, -0.05) is 37.3 Å². The molecule has 7 nitrogen and oxygen atoms in total. The number of hydrogen-bond acceptors (Lipinski definition) is 4. The molecular weight excluding hydrogens is 426 g/mol. The Balaban J connectivity index is 1.69. The quantitative estimate of drug-likeness (QED) is 0.618. The van der Waals surface area contributed by atoms with Crippen LogP contribution in [0.4, 0.5) is 11.4 Å². The fourth-order valence-electron chi connectivity index (χ4n) is 3.68. The molecule has 0 bridgehead atoms. The molecule has 1 heterocycles. The Labute approximate surface area is 187 Å². The lowest BCUT2D eigenvalue weighted by Gasteiger charge is -2.29. The van der Waals surface area contributed by atoms with Crippen molar-refractivity contribution in [2.45, 2.75) is 18.2 Å². The third-order valence-electron chi connectivity index (χ3n) is 5.37. The van der Waals surface area contributed by atoms with Gasteiger partial charge in [0.15, 0.2) is 0 Å². The van der Waals surface area contributed by atoms with Crippen LogP contribution in [-0.4, -0.2) is 33.8 Å². The lowest BCUT2D eigenvalue weighted by atomic mass is 10.00. The van der Waals surface area contributed by atoms with Crippen LogP contribution in [0.25, 0.3) is 11.1 Å². The Morgan fingerprint density at radius 1 is 0.906 bits per heavy atom. The number of benzene rings is 3. The molecule has 32 heavy (non-hydrogen) atoms. The Bertz CT molecular complexity index is 1320. The minimum Gasteiger partial charge on any atom is -0.352 e. The monoisotopic (exact) mass is 449 g/mol. The Kier molecular flexibility index (Phi) is 5.71. The highest BCUT2D eigenvalue weighted by Crippen LogP contribution is 2.42. The summed E-state index contributed by atoms with van der Waals surface area (Å²) < 4.78 is 26.8. The Hall–Kier alpha value is -3.65. The van der Waals surface area contributed by atoms with Crippen LogP contribution >= 0.6 is 0 Å². The molecule has 4 rings (SSSR count). The number of hydrogen-bond donors (Lipinski definition) is 2. The molecule has 0 unspecified atom stereocenters. The highest BCUT2D eigenvalue weighted by Gasteiger charge is 2.32. The van der Waals surface area contributed by atoms with Crippen molar-refractivity contribution in [3.05, 3.63) is 77.9 Å². The molecule has 1 aliphatic rings. The maximum Gasteiger partial charge on any atom is 0.264 e. The molecular formula is C24H23N3O4S. The second-order valence-electron chi connectivity index (χ2n) is 7.46. The van der Waals surface area contributed by atoms with E-state index < -0.39 is 15.9 Å². The van der Waals surface area contributed by atoms with Crippen LogP contribution in [0.1, 0.15) is 34.1 Å². The summed E-state index contributed by atoms with van der Waals surface area (Å²) in [6.45, 7) is 2.51. The molecule has 0 spiro atoms. The van der Waals surface area contributed by atoms with E-state index in [0.717, 1.165) is 6.42 Å². The second kappa shape index (κ2) is 8.47. The third kappa shape index (κ3) is 3.73. The van der Waals surface area contributed by atoms with Crippen molar-refractivity contribution in [3.63, 3.8) is 0 Å². The first-order chi connectivity index (χ1) is 15.3. The van der Waals surface area contributed by atoms with Gasteiger partial charge in [0.25, 0.3) is 21.8 Å². The number of carbonyl (C=O) groups excluding carboxylic acids is 2. The number of sulfonamides is 1. The van der Waals surface area contributed by atoms with Crippen LogP contribution < -0.4 is 14.9 Å². The van der Waals surface area contributed by atoms with Gasteiger partial charge in [-0.25, -0.2) is 8.42 Å². The number of nitrogens with one attached hydrogen (secondary N) is 2. The zero-order chi connectivity index (χ0) is 22.9. The first kappa shape index (κ1) is 21.6. The first-order valence-corrected chi connectivity index (χ1v) is 11.7. The Morgan fingerprint density at radius 2 is 1.62 bits per heavy atom. The summed E-state index contributed by atoms with van der Waals surface area (Å²) in [5, 5.41) is 5.62. The van der Waals surface area contributed by atoms with Crippen molar-refractivity contribution in [3.8, 4) is 11.1 Å². The van der Waals surface area contributed by atoms with Gasteiger partial charge in [0, 0.05) is 30.3 Å². The highest BCUT2D eigenvalue weighted by atomic mass is 32.2. The minimum atomic E-state index is -3.65. The van der Waals surface area contributed by atoms with E-state index in [9.17, 15) is 18.0 Å². The van der Waals surface area contributed by atoms with E-state index in [2.05, 4.69) is 10.6 Å². The first-order valence-electron chi connectivity index (χ1n) is 10.3. The zero-order valence-electron chi connectivity index (χ0n) is 17.8. The molecule has 0 saturated heterocycles. The van der Waals surface area contributed by atoms with E-state index in [1.54, 1.807) is 66.7 Å². The summed E-state index contributed by atoms with van der Waals surface area (Å²) in [5.74, 6) is -0.647. The van der Waals surface area contributed by atoms with Crippen molar-refractivity contribution in [1.29, 1.82) is 0 Å². The number of carbonyl (C=O) groups is 2. The summed E-state index contributed by atoms with van der Waals surface area (Å²) in [7, 11) is -2.16. The number of para-hydroxylation sites is 1. The van der Waals surface area contributed by atoms with Gasteiger partial charge in [0.05, 0.1) is 21.8 Å². The topological polar surface area (TPSA) is 95.6 Å². The average molecular weight is 450 g/mol. The van der Waals surface area contributed by atoms with E-state index in [1.165, 1.54) is 11.4 Å². The van der Waals surface area contributed by atoms with Crippen LogP contribution in [0, 0.1) is 0 Å². The van der Waals surface area contributed by atoms with E-state index in [4.69, 9.17) is 0 Å². The van der Waals surface area contributed by atoms with Crippen LogP contribution in [-0.2, 0) is 10.0 Å². The predicted octanol–water partition coefficient (Wildman–Crippen LogP) is 3.88. The number of fused-ring (bicyclic) bond motifs is 3. The lowest BCUT2D eigenvalue weighted by molar-refractivity contribution is 0.0954. The standard InChI is InChI=1S/C24H23N3O4S/c1-3-14-25-24(29)18-9-4-6-10-20(18)26-23(28)16-12-13-21-19(15-16)17-8-5-7-11-22(17)32(30,31)27(21)2/h4-13,15H,3,14H2,1-2H3,(H,25,29)(H,26,28). The van der Waals surface area contributed by atoms with Gasteiger partial charge in [-0.15, -0.1) is 0 Å². The van der Waals surface area contributed by atoms with Crippen LogP contribution in [0.5, 0.6) is 0 Å². The van der Waals surface area contributed by atoms with Crippen LogP contribution in [0.3, 0.4) is 0 Å². The molecule has 0 radical (unpaired) electrons. The molecule has 164 valence electrons. The molecule has 3 aromatic rings. The lowest BCUT2D eigenvalue weighted by Crippen LogP contribution is -2.30. The molecule has 0 atom stereocenters. The van der Waals surface area contributed by atoms with Gasteiger partial charge in [0.2, 0.25) is 0 Å².